The molecule has 2 heterocycles. The van der Waals surface area contributed by atoms with Crippen LogP contribution in [0.15, 0.2) is 30.3 Å². The molecule has 17 heavy (non-hydrogen) atoms. The summed E-state index contributed by atoms with van der Waals surface area (Å²) >= 11 is 0. The number of rotatable bonds is 3. The Hall–Kier alpha value is -1.32. The lowest BCUT2D eigenvalue weighted by Gasteiger charge is -2.26. The van der Waals surface area contributed by atoms with Crippen molar-refractivity contribution < 1.29 is 4.74 Å². The molecule has 0 amide bonds. The van der Waals surface area contributed by atoms with Crippen LogP contribution in [0.25, 0.3) is 10.9 Å². The first kappa shape index (κ1) is 10.8. The summed E-state index contributed by atoms with van der Waals surface area (Å²) in [5.74, 6) is 0. The standard InChI is InChI=1S/C14H17N2O/c1-2-4-14-13(3-1)5-6-16(14)8-7-15-9-11-17-12-10-15/h1-5H,7-12H2. The Kier molecular flexibility index (Phi) is 3.12. The minimum absolute atomic E-state index is 0.871. The van der Waals surface area contributed by atoms with Gasteiger partial charge >= 0.3 is 0 Å². The summed E-state index contributed by atoms with van der Waals surface area (Å²) in [5, 5.41) is 1.27. The first-order valence-electron chi connectivity index (χ1n) is 6.19. The number of para-hydroxylation sites is 1. The highest BCUT2D eigenvalue weighted by molar-refractivity contribution is 5.79. The third-order valence-corrected chi connectivity index (χ3v) is 3.35. The molecule has 0 spiro atoms. The number of ether oxygens (including phenoxy) is 1. The SMILES string of the molecule is [c]1cc2ccccc2n1CCN1CCOCC1. The van der Waals surface area contributed by atoms with Crippen LogP contribution in [0, 0.1) is 6.20 Å². The van der Waals surface area contributed by atoms with Gasteiger partial charge in [-0.3, -0.25) is 4.90 Å². The lowest BCUT2D eigenvalue weighted by molar-refractivity contribution is 0.0365. The normalized spacial score (nSPS) is 17.6. The molecule has 1 aliphatic rings. The Bertz CT molecular complexity index is 486. The second-order valence-electron chi connectivity index (χ2n) is 4.44. The fraction of sp³-hybridized carbons (Fsp3) is 0.429. The van der Waals surface area contributed by atoms with Crippen molar-refractivity contribution in [1.29, 1.82) is 0 Å². The van der Waals surface area contributed by atoms with Gasteiger partial charge in [0.2, 0.25) is 0 Å². The molecule has 1 saturated heterocycles. The average Bonchev–Trinajstić information content (AvgIpc) is 2.81. The second-order valence-corrected chi connectivity index (χ2v) is 4.44. The van der Waals surface area contributed by atoms with Crippen LogP contribution in [0.2, 0.25) is 0 Å². The van der Waals surface area contributed by atoms with E-state index in [0.717, 1.165) is 39.4 Å². The van der Waals surface area contributed by atoms with E-state index in [1.165, 1.54) is 10.9 Å². The molecule has 1 fully saturated rings. The van der Waals surface area contributed by atoms with E-state index in [2.05, 4.69) is 46.0 Å². The van der Waals surface area contributed by atoms with Gasteiger partial charge in [-0.2, -0.15) is 0 Å². The van der Waals surface area contributed by atoms with Crippen molar-refractivity contribution in [2.45, 2.75) is 6.54 Å². The number of benzene rings is 1. The van der Waals surface area contributed by atoms with E-state index >= 15 is 0 Å². The van der Waals surface area contributed by atoms with E-state index in [4.69, 9.17) is 4.74 Å². The molecule has 3 nitrogen and oxygen atoms in total. The third-order valence-electron chi connectivity index (χ3n) is 3.35. The van der Waals surface area contributed by atoms with Gasteiger partial charge in [-0.05, 0) is 12.1 Å². The topological polar surface area (TPSA) is 17.4 Å². The predicted molar refractivity (Wildman–Crippen MR) is 68.0 cm³/mol. The van der Waals surface area contributed by atoms with Gasteiger partial charge in [-0.15, -0.1) is 0 Å². The number of aromatic nitrogens is 1. The van der Waals surface area contributed by atoms with Crippen molar-refractivity contribution >= 4 is 10.9 Å². The molecular weight excluding hydrogens is 212 g/mol. The van der Waals surface area contributed by atoms with Crippen LogP contribution in [-0.2, 0) is 11.3 Å². The van der Waals surface area contributed by atoms with E-state index in [0.29, 0.717) is 0 Å². The first-order valence-corrected chi connectivity index (χ1v) is 6.19. The van der Waals surface area contributed by atoms with Crippen molar-refractivity contribution in [1.82, 2.24) is 9.47 Å². The summed E-state index contributed by atoms with van der Waals surface area (Å²) < 4.78 is 7.56. The van der Waals surface area contributed by atoms with Crippen LogP contribution < -0.4 is 0 Å². The van der Waals surface area contributed by atoms with Gasteiger partial charge in [-0.25, -0.2) is 0 Å². The van der Waals surface area contributed by atoms with Gasteiger partial charge < -0.3 is 9.30 Å². The zero-order valence-corrected chi connectivity index (χ0v) is 9.93. The van der Waals surface area contributed by atoms with Crippen molar-refractivity contribution in [2.75, 3.05) is 32.8 Å². The molecule has 0 saturated carbocycles. The zero-order chi connectivity index (χ0) is 11.5. The minimum atomic E-state index is 0.871. The number of hydrogen-bond donors (Lipinski definition) is 0. The quantitative estimate of drug-likeness (QED) is 0.798. The number of morpholine rings is 1. The molecule has 0 aliphatic carbocycles. The van der Waals surface area contributed by atoms with Crippen LogP contribution in [0.5, 0.6) is 0 Å². The van der Waals surface area contributed by atoms with Crippen LogP contribution in [0.3, 0.4) is 0 Å². The maximum atomic E-state index is 5.35. The third kappa shape index (κ3) is 2.35. The number of fused-ring (bicyclic) bond motifs is 1. The first-order chi connectivity index (χ1) is 8.43. The van der Waals surface area contributed by atoms with Gasteiger partial charge in [0.25, 0.3) is 0 Å². The summed E-state index contributed by atoms with van der Waals surface area (Å²) in [6.07, 6.45) is 3.31. The van der Waals surface area contributed by atoms with Crippen LogP contribution in [0.1, 0.15) is 0 Å². The van der Waals surface area contributed by atoms with E-state index in [1.807, 2.05) is 0 Å². The largest absolute Gasteiger partial charge is 0.379 e. The molecule has 1 radical (unpaired) electrons. The van der Waals surface area contributed by atoms with Gasteiger partial charge in [0.05, 0.1) is 19.4 Å². The lowest BCUT2D eigenvalue weighted by atomic mass is 10.2. The molecule has 0 atom stereocenters. The fourth-order valence-corrected chi connectivity index (χ4v) is 2.32. The Morgan fingerprint density at radius 3 is 2.82 bits per heavy atom. The van der Waals surface area contributed by atoms with Gasteiger partial charge in [0.15, 0.2) is 0 Å². The monoisotopic (exact) mass is 229 g/mol. The molecule has 0 N–H and O–H groups in total. The Labute approximate surface area is 102 Å². The summed E-state index contributed by atoms with van der Waals surface area (Å²) in [5.41, 5.74) is 1.28. The smallest absolute Gasteiger partial charge is 0.0659 e. The van der Waals surface area contributed by atoms with E-state index in [1.54, 1.807) is 0 Å². The number of hydrogen-bond acceptors (Lipinski definition) is 2. The van der Waals surface area contributed by atoms with E-state index in [-0.39, 0.29) is 0 Å². The Balaban J connectivity index is 1.68. The predicted octanol–water partition coefficient (Wildman–Crippen LogP) is 1.77. The lowest BCUT2D eigenvalue weighted by Crippen LogP contribution is -2.38. The highest BCUT2D eigenvalue weighted by Crippen LogP contribution is 2.14. The van der Waals surface area contributed by atoms with Crippen LogP contribution in [-0.4, -0.2) is 42.3 Å². The van der Waals surface area contributed by atoms with Crippen LogP contribution in [0.4, 0.5) is 0 Å². The summed E-state index contributed by atoms with van der Waals surface area (Å²) in [4.78, 5) is 2.45. The van der Waals surface area contributed by atoms with Gasteiger partial charge in [0.1, 0.15) is 0 Å². The molecule has 1 aromatic heterocycles. The molecule has 0 unspecified atom stereocenters. The highest BCUT2D eigenvalue weighted by Gasteiger charge is 2.10. The molecular formula is C14H17N2O. The van der Waals surface area contributed by atoms with Crippen molar-refractivity contribution in [3.05, 3.63) is 36.5 Å². The fourth-order valence-electron chi connectivity index (χ4n) is 2.32. The van der Waals surface area contributed by atoms with Crippen LogP contribution >= 0.6 is 0 Å². The van der Waals surface area contributed by atoms with E-state index in [9.17, 15) is 0 Å². The van der Waals surface area contributed by atoms with Gasteiger partial charge in [-0.1, -0.05) is 18.2 Å². The number of nitrogens with zero attached hydrogens (tertiary/aromatic N) is 2. The molecule has 3 heteroatoms. The molecule has 89 valence electrons. The molecule has 2 aromatic rings. The van der Waals surface area contributed by atoms with Crippen molar-refractivity contribution in [3.8, 4) is 0 Å². The molecule has 3 rings (SSSR count). The minimum Gasteiger partial charge on any atom is -0.379 e. The highest BCUT2D eigenvalue weighted by atomic mass is 16.5. The summed E-state index contributed by atoms with van der Waals surface area (Å²) in [6, 6.07) is 10.5. The Morgan fingerprint density at radius 2 is 1.94 bits per heavy atom. The maximum Gasteiger partial charge on any atom is 0.0659 e. The summed E-state index contributed by atoms with van der Waals surface area (Å²) in [7, 11) is 0. The zero-order valence-electron chi connectivity index (χ0n) is 9.93. The Morgan fingerprint density at radius 1 is 1.12 bits per heavy atom. The maximum absolute atomic E-state index is 5.35. The van der Waals surface area contributed by atoms with Crippen molar-refractivity contribution in [2.24, 2.45) is 0 Å². The molecule has 1 aromatic carbocycles. The summed E-state index contributed by atoms with van der Waals surface area (Å²) in [6.45, 7) is 5.94. The van der Waals surface area contributed by atoms with Gasteiger partial charge in [0, 0.05) is 37.1 Å². The molecule has 1 aliphatic heterocycles. The molecule has 0 bridgehead atoms. The second kappa shape index (κ2) is 4.90. The van der Waals surface area contributed by atoms with E-state index < -0.39 is 0 Å². The average molecular weight is 229 g/mol. The van der Waals surface area contributed by atoms with Crippen molar-refractivity contribution in [3.63, 3.8) is 0 Å².